The Morgan fingerprint density at radius 2 is 2.21 bits per heavy atom. The number of amides is 1. The van der Waals surface area contributed by atoms with Crippen LogP contribution in [0.15, 0.2) is 18.2 Å². The molecule has 1 aromatic carbocycles. The molecule has 19 heavy (non-hydrogen) atoms. The van der Waals surface area contributed by atoms with E-state index in [9.17, 15) is 4.79 Å². The van der Waals surface area contributed by atoms with E-state index in [4.69, 9.17) is 23.2 Å². The van der Waals surface area contributed by atoms with Crippen LogP contribution in [0.4, 0.5) is 0 Å². The summed E-state index contributed by atoms with van der Waals surface area (Å²) in [7, 11) is 0. The molecule has 2 rings (SSSR count). The normalized spacial score (nSPS) is 22.5. The van der Waals surface area contributed by atoms with Crippen molar-refractivity contribution in [3.63, 3.8) is 0 Å². The maximum absolute atomic E-state index is 12.0. The van der Waals surface area contributed by atoms with E-state index >= 15 is 0 Å². The zero-order valence-corrected chi connectivity index (χ0v) is 12.4. The molecule has 1 heterocycles. The molecule has 2 N–H and O–H groups in total. The highest BCUT2D eigenvalue weighted by molar-refractivity contribution is 6.35. The predicted molar refractivity (Wildman–Crippen MR) is 78.7 cm³/mol. The zero-order chi connectivity index (χ0) is 13.8. The molecule has 1 aliphatic rings. The maximum atomic E-state index is 12.0. The van der Waals surface area contributed by atoms with Gasteiger partial charge in [-0.05, 0) is 36.6 Å². The lowest BCUT2D eigenvalue weighted by atomic mass is 9.97. The lowest BCUT2D eigenvalue weighted by Gasteiger charge is -2.14. The van der Waals surface area contributed by atoms with Crippen molar-refractivity contribution < 1.29 is 4.79 Å². The second-order valence-electron chi connectivity index (χ2n) is 5.02. The van der Waals surface area contributed by atoms with Gasteiger partial charge in [-0.15, -0.1) is 0 Å². The van der Waals surface area contributed by atoms with Gasteiger partial charge in [0, 0.05) is 23.1 Å². The second-order valence-corrected chi connectivity index (χ2v) is 5.86. The van der Waals surface area contributed by atoms with Crippen molar-refractivity contribution in [1.29, 1.82) is 0 Å². The van der Waals surface area contributed by atoms with Crippen LogP contribution in [-0.4, -0.2) is 25.5 Å². The van der Waals surface area contributed by atoms with Crippen LogP contribution in [0, 0.1) is 11.8 Å². The molecule has 0 aromatic heterocycles. The van der Waals surface area contributed by atoms with Gasteiger partial charge in [0.15, 0.2) is 0 Å². The van der Waals surface area contributed by atoms with Crippen molar-refractivity contribution in [3.8, 4) is 0 Å². The van der Waals surface area contributed by atoms with E-state index in [1.807, 2.05) is 12.1 Å². The van der Waals surface area contributed by atoms with Crippen LogP contribution in [0.2, 0.25) is 10.0 Å². The minimum Gasteiger partial charge on any atom is -0.355 e. The summed E-state index contributed by atoms with van der Waals surface area (Å²) in [6, 6.07) is 5.44. The van der Waals surface area contributed by atoms with Crippen molar-refractivity contribution >= 4 is 29.1 Å². The summed E-state index contributed by atoms with van der Waals surface area (Å²) in [5.74, 6) is 0.613. The van der Waals surface area contributed by atoms with Gasteiger partial charge in [0.25, 0.3) is 0 Å². The average Bonchev–Trinajstić information content (AvgIpc) is 2.78. The summed E-state index contributed by atoms with van der Waals surface area (Å²) in [6.45, 7) is 4.39. The van der Waals surface area contributed by atoms with Gasteiger partial charge < -0.3 is 10.6 Å². The molecule has 0 spiro atoms. The van der Waals surface area contributed by atoms with Gasteiger partial charge in [-0.1, -0.05) is 36.2 Å². The fourth-order valence-corrected chi connectivity index (χ4v) is 2.84. The summed E-state index contributed by atoms with van der Waals surface area (Å²) in [5.41, 5.74) is 1.00. The first-order chi connectivity index (χ1) is 9.08. The van der Waals surface area contributed by atoms with E-state index in [0.717, 1.165) is 25.1 Å². The number of carbonyl (C=O) groups excluding carboxylic acids is 1. The molecule has 0 radical (unpaired) electrons. The fraction of sp³-hybridized carbons (Fsp3) is 0.500. The van der Waals surface area contributed by atoms with Gasteiger partial charge in [0.1, 0.15) is 0 Å². The van der Waals surface area contributed by atoms with Crippen molar-refractivity contribution in [2.75, 3.05) is 19.6 Å². The number of carbonyl (C=O) groups is 1. The molecule has 3 nitrogen and oxygen atoms in total. The number of nitrogens with one attached hydrogen (secondary N) is 2. The van der Waals surface area contributed by atoms with E-state index in [0.29, 0.717) is 22.5 Å². The summed E-state index contributed by atoms with van der Waals surface area (Å²) in [4.78, 5) is 12.0. The van der Waals surface area contributed by atoms with E-state index < -0.39 is 0 Å². The molecular weight excluding hydrogens is 283 g/mol. The highest BCUT2D eigenvalue weighted by atomic mass is 35.5. The molecule has 1 saturated heterocycles. The minimum atomic E-state index is 0.0840. The van der Waals surface area contributed by atoms with Crippen molar-refractivity contribution in [3.05, 3.63) is 33.8 Å². The molecule has 1 amide bonds. The lowest BCUT2D eigenvalue weighted by molar-refractivity contribution is -0.125. The lowest BCUT2D eigenvalue weighted by Crippen LogP contribution is -2.35. The van der Waals surface area contributed by atoms with Gasteiger partial charge in [0.2, 0.25) is 5.91 Å². The Bertz CT molecular complexity index is 465. The van der Waals surface area contributed by atoms with Crippen LogP contribution in [0.3, 0.4) is 0 Å². The Hall–Kier alpha value is -0.770. The molecule has 1 fully saturated rings. The summed E-state index contributed by atoms with van der Waals surface area (Å²) < 4.78 is 0. The van der Waals surface area contributed by atoms with Crippen LogP contribution in [0.25, 0.3) is 0 Å². The summed E-state index contributed by atoms with van der Waals surface area (Å²) in [6.07, 6.45) is 0.719. The Morgan fingerprint density at radius 3 is 2.84 bits per heavy atom. The molecule has 0 aliphatic carbocycles. The minimum absolute atomic E-state index is 0.0840. The third-order valence-corrected chi connectivity index (χ3v) is 4.15. The standard InChI is InChI=1S/C14H18Cl2N2O/c1-9-7-17-8-12(9)14(19)18-5-4-10-2-3-11(15)6-13(10)16/h2-3,6,9,12,17H,4-5,7-8H2,1H3,(H,18,19). The van der Waals surface area contributed by atoms with Gasteiger partial charge in [-0.3, -0.25) is 4.79 Å². The van der Waals surface area contributed by atoms with E-state index in [-0.39, 0.29) is 11.8 Å². The van der Waals surface area contributed by atoms with E-state index in [1.54, 1.807) is 6.07 Å². The van der Waals surface area contributed by atoms with E-state index in [1.165, 1.54) is 0 Å². The zero-order valence-electron chi connectivity index (χ0n) is 10.9. The van der Waals surface area contributed by atoms with Crippen LogP contribution in [-0.2, 0) is 11.2 Å². The largest absolute Gasteiger partial charge is 0.355 e. The Morgan fingerprint density at radius 1 is 1.42 bits per heavy atom. The van der Waals surface area contributed by atoms with E-state index in [2.05, 4.69) is 17.6 Å². The monoisotopic (exact) mass is 300 g/mol. The van der Waals surface area contributed by atoms with Crippen LogP contribution >= 0.6 is 23.2 Å². The smallest absolute Gasteiger partial charge is 0.224 e. The third kappa shape index (κ3) is 3.85. The van der Waals surface area contributed by atoms with Gasteiger partial charge in [-0.25, -0.2) is 0 Å². The molecular formula is C14H18Cl2N2O. The molecule has 1 aliphatic heterocycles. The number of rotatable bonds is 4. The quantitative estimate of drug-likeness (QED) is 0.897. The first-order valence-corrected chi connectivity index (χ1v) is 7.26. The Labute approximate surface area is 123 Å². The molecule has 104 valence electrons. The van der Waals surface area contributed by atoms with Crippen LogP contribution in [0.1, 0.15) is 12.5 Å². The molecule has 0 bridgehead atoms. The van der Waals surface area contributed by atoms with Gasteiger partial charge in [-0.2, -0.15) is 0 Å². The maximum Gasteiger partial charge on any atom is 0.224 e. The first kappa shape index (κ1) is 14.6. The number of hydrogen-bond acceptors (Lipinski definition) is 2. The van der Waals surface area contributed by atoms with Gasteiger partial charge in [0.05, 0.1) is 5.92 Å². The predicted octanol–water partition coefficient (Wildman–Crippen LogP) is 2.51. The van der Waals surface area contributed by atoms with Crippen molar-refractivity contribution in [2.24, 2.45) is 11.8 Å². The third-order valence-electron chi connectivity index (χ3n) is 3.56. The number of benzene rings is 1. The second kappa shape index (κ2) is 6.60. The van der Waals surface area contributed by atoms with Gasteiger partial charge >= 0.3 is 0 Å². The molecule has 5 heteroatoms. The fourth-order valence-electron chi connectivity index (χ4n) is 2.34. The summed E-state index contributed by atoms with van der Waals surface area (Å²) in [5, 5.41) is 7.48. The van der Waals surface area contributed by atoms with Crippen molar-refractivity contribution in [1.82, 2.24) is 10.6 Å². The Balaban J connectivity index is 1.81. The summed E-state index contributed by atoms with van der Waals surface area (Å²) >= 11 is 11.9. The molecule has 2 atom stereocenters. The molecule has 0 saturated carbocycles. The molecule has 2 unspecified atom stereocenters. The number of hydrogen-bond donors (Lipinski definition) is 2. The Kier molecular flexibility index (Phi) is 5.08. The molecule has 1 aromatic rings. The number of halogens is 2. The van der Waals surface area contributed by atoms with Crippen LogP contribution in [0.5, 0.6) is 0 Å². The SMILES string of the molecule is CC1CNCC1C(=O)NCCc1ccc(Cl)cc1Cl. The average molecular weight is 301 g/mol. The highest BCUT2D eigenvalue weighted by Crippen LogP contribution is 2.21. The topological polar surface area (TPSA) is 41.1 Å². The van der Waals surface area contributed by atoms with Crippen LogP contribution < -0.4 is 10.6 Å². The van der Waals surface area contributed by atoms with Crippen molar-refractivity contribution in [2.45, 2.75) is 13.3 Å². The first-order valence-electron chi connectivity index (χ1n) is 6.50. The highest BCUT2D eigenvalue weighted by Gasteiger charge is 2.29.